The number of esters is 1. The van der Waals surface area contributed by atoms with Crippen molar-refractivity contribution >= 4 is 33.5 Å². The molecule has 0 saturated carbocycles. The van der Waals surface area contributed by atoms with Gasteiger partial charge >= 0.3 is 11.9 Å². The van der Waals surface area contributed by atoms with E-state index >= 15 is 0 Å². The number of allylic oxidation sites excluding steroid dienone is 2. The molecule has 0 aromatic heterocycles. The zero-order valence-corrected chi connectivity index (χ0v) is 20.7. The second-order valence-electron chi connectivity index (χ2n) is 9.20. The Labute approximate surface area is 209 Å². The summed E-state index contributed by atoms with van der Waals surface area (Å²) in [4.78, 5) is 23.4. The lowest BCUT2D eigenvalue weighted by atomic mass is 9.97. The highest BCUT2D eigenvalue weighted by Crippen LogP contribution is 2.29. The standard InChI is InChI=1S/C31H38O4/c32-29(33)22-12-10-8-6-4-2-1-3-5-7-9-11-17-23-35-31(34)30-27-20-15-13-18-25(27)24-26-19-14-16-21-28(26)30/h1,3,13-16,18-21,24H,2,4-12,17,22-23H2,(H,32,33). The lowest BCUT2D eigenvalue weighted by molar-refractivity contribution is -0.137. The summed E-state index contributed by atoms with van der Waals surface area (Å²) >= 11 is 0. The molecule has 0 spiro atoms. The van der Waals surface area contributed by atoms with Crippen LogP contribution in [-0.2, 0) is 9.53 Å². The largest absolute Gasteiger partial charge is 0.481 e. The van der Waals surface area contributed by atoms with Crippen LogP contribution in [0.15, 0.2) is 66.7 Å². The van der Waals surface area contributed by atoms with Crippen LogP contribution in [-0.4, -0.2) is 23.7 Å². The van der Waals surface area contributed by atoms with Gasteiger partial charge in [0, 0.05) is 6.42 Å². The molecule has 0 unspecified atom stereocenters. The molecular weight excluding hydrogens is 436 g/mol. The van der Waals surface area contributed by atoms with Gasteiger partial charge in [-0.2, -0.15) is 0 Å². The van der Waals surface area contributed by atoms with Crippen molar-refractivity contribution in [2.24, 2.45) is 0 Å². The van der Waals surface area contributed by atoms with Gasteiger partial charge in [-0.3, -0.25) is 4.79 Å². The Hall–Kier alpha value is -3.14. The molecule has 0 aliphatic heterocycles. The van der Waals surface area contributed by atoms with Gasteiger partial charge in [0.1, 0.15) is 0 Å². The number of unbranched alkanes of at least 4 members (excludes halogenated alkanes) is 9. The summed E-state index contributed by atoms with van der Waals surface area (Å²) in [5.74, 6) is -0.925. The van der Waals surface area contributed by atoms with E-state index in [1.165, 1.54) is 12.8 Å². The topological polar surface area (TPSA) is 63.6 Å². The number of hydrogen-bond donors (Lipinski definition) is 1. The Morgan fingerprint density at radius 3 is 1.80 bits per heavy atom. The molecule has 3 rings (SSSR count). The van der Waals surface area contributed by atoms with Crippen molar-refractivity contribution in [3.8, 4) is 0 Å². The maximum Gasteiger partial charge on any atom is 0.339 e. The van der Waals surface area contributed by atoms with E-state index in [1.807, 2.05) is 48.5 Å². The summed E-state index contributed by atoms with van der Waals surface area (Å²) in [7, 11) is 0. The van der Waals surface area contributed by atoms with Crippen molar-refractivity contribution in [3.05, 3.63) is 72.3 Å². The third kappa shape index (κ3) is 8.86. The van der Waals surface area contributed by atoms with Crippen molar-refractivity contribution in [3.63, 3.8) is 0 Å². The van der Waals surface area contributed by atoms with Crippen LogP contribution >= 0.6 is 0 Å². The molecule has 0 aliphatic rings. The fraction of sp³-hybridized carbons (Fsp3) is 0.419. The van der Waals surface area contributed by atoms with E-state index in [-0.39, 0.29) is 5.97 Å². The van der Waals surface area contributed by atoms with E-state index < -0.39 is 5.97 Å². The van der Waals surface area contributed by atoms with Gasteiger partial charge in [-0.15, -0.1) is 0 Å². The van der Waals surface area contributed by atoms with Gasteiger partial charge < -0.3 is 9.84 Å². The Morgan fingerprint density at radius 2 is 1.20 bits per heavy atom. The van der Waals surface area contributed by atoms with Crippen LogP contribution in [0, 0.1) is 0 Å². The number of carboxylic acids is 1. The smallest absolute Gasteiger partial charge is 0.339 e. The molecular formula is C31H38O4. The quantitative estimate of drug-likeness (QED) is 0.0978. The normalized spacial score (nSPS) is 11.4. The van der Waals surface area contributed by atoms with Crippen LogP contribution < -0.4 is 0 Å². The van der Waals surface area contributed by atoms with E-state index in [1.54, 1.807) is 0 Å². The molecule has 0 saturated heterocycles. The van der Waals surface area contributed by atoms with Crippen LogP contribution in [0.4, 0.5) is 0 Å². The van der Waals surface area contributed by atoms with Gasteiger partial charge in [0.25, 0.3) is 0 Å². The van der Waals surface area contributed by atoms with E-state index in [9.17, 15) is 9.59 Å². The second kappa shape index (κ2) is 15.0. The van der Waals surface area contributed by atoms with Crippen LogP contribution in [0.2, 0.25) is 0 Å². The van der Waals surface area contributed by atoms with Crippen molar-refractivity contribution in [1.29, 1.82) is 0 Å². The summed E-state index contributed by atoms with van der Waals surface area (Å²) < 4.78 is 5.68. The molecule has 0 amide bonds. The summed E-state index contributed by atoms with van der Waals surface area (Å²) in [5, 5.41) is 12.6. The first kappa shape index (κ1) is 26.5. The third-order valence-electron chi connectivity index (χ3n) is 6.40. The van der Waals surface area contributed by atoms with Gasteiger partial charge in [0.2, 0.25) is 0 Å². The molecule has 0 atom stereocenters. The monoisotopic (exact) mass is 474 g/mol. The summed E-state index contributed by atoms with van der Waals surface area (Å²) in [6, 6.07) is 18.1. The van der Waals surface area contributed by atoms with Gasteiger partial charge in [-0.1, -0.05) is 92.8 Å². The lowest BCUT2D eigenvalue weighted by Crippen LogP contribution is -2.08. The summed E-state index contributed by atoms with van der Waals surface area (Å²) in [6.45, 7) is 0.457. The minimum Gasteiger partial charge on any atom is -0.481 e. The average Bonchev–Trinajstić information content (AvgIpc) is 2.86. The number of hydrogen-bond acceptors (Lipinski definition) is 3. The first-order chi connectivity index (χ1) is 17.2. The minimum absolute atomic E-state index is 0.234. The molecule has 3 aromatic rings. The number of fused-ring (bicyclic) bond motifs is 2. The van der Waals surface area contributed by atoms with E-state index in [4.69, 9.17) is 9.84 Å². The highest BCUT2D eigenvalue weighted by molar-refractivity contribution is 6.16. The molecule has 4 heteroatoms. The maximum atomic E-state index is 13.0. The second-order valence-corrected chi connectivity index (χ2v) is 9.20. The number of carbonyl (C=O) groups is 2. The molecule has 0 aliphatic carbocycles. The molecule has 0 radical (unpaired) electrons. The van der Waals surface area contributed by atoms with E-state index in [2.05, 4.69) is 18.2 Å². The van der Waals surface area contributed by atoms with Crippen molar-refractivity contribution < 1.29 is 19.4 Å². The van der Waals surface area contributed by atoms with Crippen molar-refractivity contribution in [2.45, 2.75) is 77.0 Å². The maximum absolute atomic E-state index is 13.0. The molecule has 0 heterocycles. The lowest BCUT2D eigenvalue weighted by Gasteiger charge is -2.11. The number of ether oxygens (including phenoxy) is 1. The predicted octanol–water partition coefficient (Wildman–Crippen LogP) is 8.47. The molecule has 4 nitrogen and oxygen atoms in total. The fourth-order valence-electron chi connectivity index (χ4n) is 4.49. The van der Waals surface area contributed by atoms with Crippen LogP contribution in [0.3, 0.4) is 0 Å². The Bertz CT molecular complexity index is 1060. The van der Waals surface area contributed by atoms with Gasteiger partial charge in [0.05, 0.1) is 12.2 Å². The third-order valence-corrected chi connectivity index (χ3v) is 6.40. The van der Waals surface area contributed by atoms with Gasteiger partial charge in [0.15, 0.2) is 0 Å². The van der Waals surface area contributed by atoms with Crippen LogP contribution in [0.5, 0.6) is 0 Å². The number of aliphatic carboxylic acids is 1. The zero-order chi connectivity index (χ0) is 24.7. The van der Waals surface area contributed by atoms with E-state index in [0.29, 0.717) is 18.6 Å². The Morgan fingerprint density at radius 1 is 0.686 bits per heavy atom. The SMILES string of the molecule is O=C(O)CCCCCCCC=CCCCCCCOC(=O)c1c2ccccc2cc2ccccc12. The molecule has 186 valence electrons. The van der Waals surface area contributed by atoms with Gasteiger partial charge in [-0.05, 0) is 66.1 Å². The van der Waals surface area contributed by atoms with Crippen LogP contribution in [0.1, 0.15) is 87.4 Å². The average molecular weight is 475 g/mol. The van der Waals surface area contributed by atoms with Gasteiger partial charge in [-0.25, -0.2) is 4.79 Å². The van der Waals surface area contributed by atoms with Crippen molar-refractivity contribution in [2.75, 3.05) is 6.61 Å². The minimum atomic E-state index is -0.691. The molecule has 1 N–H and O–H groups in total. The first-order valence-corrected chi connectivity index (χ1v) is 13.1. The zero-order valence-electron chi connectivity index (χ0n) is 20.7. The molecule has 3 aromatic carbocycles. The van der Waals surface area contributed by atoms with Crippen LogP contribution in [0.25, 0.3) is 21.5 Å². The number of carbonyl (C=O) groups excluding carboxylic acids is 1. The number of rotatable bonds is 16. The number of benzene rings is 3. The molecule has 0 fully saturated rings. The van der Waals surface area contributed by atoms with Crippen molar-refractivity contribution in [1.82, 2.24) is 0 Å². The highest BCUT2D eigenvalue weighted by Gasteiger charge is 2.15. The Kier molecular flexibility index (Phi) is 11.3. The molecule has 35 heavy (non-hydrogen) atoms. The Balaban J connectivity index is 1.28. The molecule has 0 bridgehead atoms. The number of carboxylic acid groups (broad SMARTS) is 1. The summed E-state index contributed by atoms with van der Waals surface area (Å²) in [6.07, 6.45) is 16.6. The first-order valence-electron chi connectivity index (χ1n) is 13.1. The predicted molar refractivity (Wildman–Crippen MR) is 144 cm³/mol. The fourth-order valence-corrected chi connectivity index (χ4v) is 4.49. The highest BCUT2D eigenvalue weighted by atomic mass is 16.5. The summed E-state index contributed by atoms with van der Waals surface area (Å²) in [5.41, 5.74) is 0.670. The van der Waals surface area contributed by atoms with E-state index in [0.717, 1.165) is 79.3 Å².